The van der Waals surface area contributed by atoms with Crippen molar-refractivity contribution < 1.29 is 9.47 Å². The summed E-state index contributed by atoms with van der Waals surface area (Å²) in [5, 5.41) is 0. The van der Waals surface area contributed by atoms with Crippen LogP contribution in [0.5, 0.6) is 0 Å². The van der Waals surface area contributed by atoms with Gasteiger partial charge in [0.2, 0.25) is 0 Å². The average molecular weight is 296 g/mol. The molecule has 1 aliphatic rings. The van der Waals surface area contributed by atoms with Crippen LogP contribution in [0.15, 0.2) is 42.5 Å². The van der Waals surface area contributed by atoms with Gasteiger partial charge in [-0.25, -0.2) is 0 Å². The summed E-state index contributed by atoms with van der Waals surface area (Å²) in [5.74, 6) is 0. The van der Waals surface area contributed by atoms with E-state index < -0.39 is 0 Å². The van der Waals surface area contributed by atoms with Gasteiger partial charge in [0.15, 0.2) is 6.29 Å². The first-order valence-electron chi connectivity index (χ1n) is 8.25. The molecule has 0 fully saturated rings. The van der Waals surface area contributed by atoms with Gasteiger partial charge in [-0.1, -0.05) is 42.5 Å². The van der Waals surface area contributed by atoms with Crippen LogP contribution in [-0.4, -0.2) is 19.5 Å². The van der Waals surface area contributed by atoms with Gasteiger partial charge in [-0.3, -0.25) is 0 Å². The van der Waals surface area contributed by atoms with Crippen molar-refractivity contribution >= 4 is 0 Å². The van der Waals surface area contributed by atoms with Crippen LogP contribution in [0.2, 0.25) is 0 Å². The molecule has 0 saturated heterocycles. The van der Waals surface area contributed by atoms with Gasteiger partial charge < -0.3 is 9.47 Å². The summed E-state index contributed by atoms with van der Waals surface area (Å²) in [6.45, 7) is 5.42. The van der Waals surface area contributed by atoms with Gasteiger partial charge in [-0.2, -0.15) is 0 Å². The molecule has 0 aliphatic heterocycles. The van der Waals surface area contributed by atoms with Crippen molar-refractivity contribution in [1.29, 1.82) is 0 Å². The summed E-state index contributed by atoms with van der Waals surface area (Å²) in [4.78, 5) is 0. The predicted molar refractivity (Wildman–Crippen MR) is 90.0 cm³/mol. The first-order valence-corrected chi connectivity index (χ1v) is 8.25. The van der Waals surface area contributed by atoms with E-state index in [1.54, 1.807) is 0 Å². The molecule has 0 saturated carbocycles. The smallest absolute Gasteiger partial charge is 0.157 e. The van der Waals surface area contributed by atoms with E-state index in [-0.39, 0.29) is 6.29 Å². The Bertz CT molecular complexity index is 627. The number of fused-ring (bicyclic) bond motifs is 3. The Hall–Kier alpha value is -1.64. The number of ether oxygens (including phenoxy) is 2. The largest absolute Gasteiger partial charge is 0.353 e. The van der Waals surface area contributed by atoms with Crippen LogP contribution in [-0.2, 0) is 22.3 Å². The first-order chi connectivity index (χ1) is 10.8. The second-order valence-corrected chi connectivity index (χ2v) is 5.70. The molecule has 116 valence electrons. The van der Waals surface area contributed by atoms with Crippen molar-refractivity contribution in [3.05, 3.63) is 59.2 Å². The van der Waals surface area contributed by atoms with Gasteiger partial charge in [0.1, 0.15) is 0 Å². The molecular weight excluding hydrogens is 272 g/mol. The van der Waals surface area contributed by atoms with Crippen LogP contribution in [0.4, 0.5) is 0 Å². The zero-order valence-electron chi connectivity index (χ0n) is 13.5. The Labute approximate surface area is 133 Å². The molecule has 2 aromatic rings. The number of rotatable bonds is 7. The molecule has 0 aromatic heterocycles. The molecule has 0 amide bonds. The van der Waals surface area contributed by atoms with Crippen LogP contribution in [0.25, 0.3) is 11.1 Å². The molecule has 0 N–H and O–H groups in total. The molecule has 2 nitrogen and oxygen atoms in total. The lowest BCUT2D eigenvalue weighted by atomic mass is 10.0. The van der Waals surface area contributed by atoms with Crippen molar-refractivity contribution in [2.24, 2.45) is 0 Å². The molecule has 22 heavy (non-hydrogen) atoms. The van der Waals surface area contributed by atoms with E-state index >= 15 is 0 Å². The predicted octanol–water partition coefficient (Wildman–Crippen LogP) is 4.59. The quantitative estimate of drug-likeness (QED) is 0.594. The fraction of sp³-hybridized carbons (Fsp3) is 0.400. The summed E-state index contributed by atoms with van der Waals surface area (Å²) < 4.78 is 11.3. The highest BCUT2D eigenvalue weighted by atomic mass is 16.7. The van der Waals surface area contributed by atoms with Gasteiger partial charge in [0, 0.05) is 19.6 Å². The minimum absolute atomic E-state index is 0.0875. The molecule has 0 bridgehead atoms. The Balaban J connectivity index is 1.72. The molecule has 2 heteroatoms. The molecule has 0 heterocycles. The number of hydrogen-bond acceptors (Lipinski definition) is 2. The summed E-state index contributed by atoms with van der Waals surface area (Å²) in [5.41, 5.74) is 7.04. The second kappa shape index (κ2) is 7.08. The standard InChI is InChI=1S/C20H24O2/c1-3-21-20(22-4-2)12-10-15-9-11-17-14-16-7-5-6-8-18(16)19(17)13-15/h5-9,11,13,20H,3-4,10,12,14H2,1-2H3. The maximum atomic E-state index is 5.63. The van der Waals surface area contributed by atoms with Crippen LogP contribution < -0.4 is 0 Å². The van der Waals surface area contributed by atoms with Crippen LogP contribution >= 0.6 is 0 Å². The molecule has 1 aliphatic carbocycles. The lowest BCUT2D eigenvalue weighted by molar-refractivity contribution is -0.139. The monoisotopic (exact) mass is 296 g/mol. The second-order valence-electron chi connectivity index (χ2n) is 5.70. The highest BCUT2D eigenvalue weighted by Gasteiger charge is 2.18. The summed E-state index contributed by atoms with van der Waals surface area (Å²) in [6, 6.07) is 15.6. The van der Waals surface area contributed by atoms with Gasteiger partial charge in [-0.05, 0) is 54.5 Å². The van der Waals surface area contributed by atoms with E-state index in [4.69, 9.17) is 9.47 Å². The fourth-order valence-corrected chi connectivity index (χ4v) is 3.20. The van der Waals surface area contributed by atoms with E-state index in [0.717, 1.165) is 19.3 Å². The first kappa shape index (κ1) is 15.3. The normalized spacial score (nSPS) is 12.5. The molecule has 0 unspecified atom stereocenters. The Kier molecular flexibility index (Phi) is 4.91. The van der Waals surface area contributed by atoms with Gasteiger partial charge in [-0.15, -0.1) is 0 Å². The van der Waals surface area contributed by atoms with Crippen molar-refractivity contribution in [2.75, 3.05) is 13.2 Å². The highest BCUT2D eigenvalue weighted by molar-refractivity contribution is 5.77. The minimum Gasteiger partial charge on any atom is -0.353 e. The van der Waals surface area contributed by atoms with Crippen LogP contribution in [0.3, 0.4) is 0 Å². The Morgan fingerprint density at radius 1 is 0.909 bits per heavy atom. The van der Waals surface area contributed by atoms with E-state index in [1.807, 2.05) is 13.8 Å². The van der Waals surface area contributed by atoms with Crippen molar-refractivity contribution in [2.45, 2.75) is 39.4 Å². The zero-order chi connectivity index (χ0) is 15.4. The summed E-state index contributed by atoms with van der Waals surface area (Å²) in [7, 11) is 0. The van der Waals surface area contributed by atoms with Gasteiger partial charge >= 0.3 is 0 Å². The maximum absolute atomic E-state index is 5.63. The molecule has 3 rings (SSSR count). The number of benzene rings is 2. The third-order valence-corrected chi connectivity index (χ3v) is 4.24. The third-order valence-electron chi connectivity index (χ3n) is 4.24. The number of aryl methyl sites for hydroxylation is 1. The molecule has 0 spiro atoms. The van der Waals surface area contributed by atoms with E-state index in [1.165, 1.54) is 27.8 Å². The lowest BCUT2D eigenvalue weighted by Crippen LogP contribution is -2.18. The molecular formula is C20H24O2. The highest BCUT2D eigenvalue weighted by Crippen LogP contribution is 2.37. The average Bonchev–Trinajstić information content (AvgIpc) is 2.91. The van der Waals surface area contributed by atoms with Gasteiger partial charge in [0.05, 0.1) is 0 Å². The van der Waals surface area contributed by atoms with Gasteiger partial charge in [0.25, 0.3) is 0 Å². The molecule has 0 atom stereocenters. The zero-order valence-corrected chi connectivity index (χ0v) is 13.5. The minimum atomic E-state index is -0.0875. The molecule has 2 aromatic carbocycles. The topological polar surface area (TPSA) is 18.5 Å². The van der Waals surface area contributed by atoms with Crippen molar-refractivity contribution in [1.82, 2.24) is 0 Å². The van der Waals surface area contributed by atoms with E-state index in [0.29, 0.717) is 13.2 Å². The SMILES string of the molecule is CCOC(CCc1ccc2c(c1)-c1ccccc1C2)OCC. The summed E-state index contributed by atoms with van der Waals surface area (Å²) in [6.07, 6.45) is 2.87. The van der Waals surface area contributed by atoms with E-state index in [2.05, 4.69) is 42.5 Å². The molecule has 0 radical (unpaired) electrons. The van der Waals surface area contributed by atoms with Crippen molar-refractivity contribution in [3.8, 4) is 11.1 Å². The summed E-state index contributed by atoms with van der Waals surface area (Å²) >= 11 is 0. The van der Waals surface area contributed by atoms with Crippen molar-refractivity contribution in [3.63, 3.8) is 0 Å². The van der Waals surface area contributed by atoms with E-state index in [9.17, 15) is 0 Å². The fourth-order valence-electron chi connectivity index (χ4n) is 3.20. The third kappa shape index (κ3) is 3.23. The van der Waals surface area contributed by atoms with Crippen LogP contribution in [0, 0.1) is 0 Å². The van der Waals surface area contributed by atoms with Crippen LogP contribution in [0.1, 0.15) is 37.0 Å². The Morgan fingerprint density at radius 2 is 1.64 bits per heavy atom. The maximum Gasteiger partial charge on any atom is 0.157 e. The Morgan fingerprint density at radius 3 is 2.41 bits per heavy atom. The number of hydrogen-bond donors (Lipinski definition) is 0. The lowest BCUT2D eigenvalue weighted by Gasteiger charge is -2.17.